The topological polar surface area (TPSA) is 64.3 Å². The van der Waals surface area contributed by atoms with Crippen molar-refractivity contribution in [1.82, 2.24) is 0 Å². The van der Waals surface area contributed by atoms with E-state index in [9.17, 15) is 4.79 Å². The van der Waals surface area contributed by atoms with Crippen LogP contribution in [0.4, 0.5) is 17.1 Å². The number of nitrogens with one attached hydrogen (secondary N) is 1. The van der Waals surface area contributed by atoms with Gasteiger partial charge in [-0.15, -0.1) is 0 Å². The molecule has 4 nitrogen and oxygen atoms in total. The Hall–Kier alpha value is -1.72. The SMILES string of the molecule is CCOC(=O)c1cc(N)cc(Cl)c1Nc1cccc(Br)c1. The van der Waals surface area contributed by atoms with E-state index in [0.29, 0.717) is 22.0 Å². The number of nitrogen functional groups attached to an aromatic ring is 1. The molecule has 110 valence electrons. The standard InChI is InChI=1S/C15H14BrClN2O2/c1-2-21-15(20)12-7-10(18)8-13(17)14(12)19-11-5-3-4-9(16)6-11/h3-8,19H,2,18H2,1H3. The zero-order valence-corrected chi connectivity index (χ0v) is 13.7. The molecule has 0 aliphatic heterocycles. The number of halogens is 2. The monoisotopic (exact) mass is 368 g/mol. The Morgan fingerprint density at radius 1 is 1.38 bits per heavy atom. The summed E-state index contributed by atoms with van der Waals surface area (Å²) in [6, 6.07) is 10.7. The third kappa shape index (κ3) is 3.89. The highest BCUT2D eigenvalue weighted by Crippen LogP contribution is 2.33. The summed E-state index contributed by atoms with van der Waals surface area (Å²) in [6.45, 7) is 2.02. The lowest BCUT2D eigenvalue weighted by Crippen LogP contribution is -2.09. The smallest absolute Gasteiger partial charge is 0.340 e. The van der Waals surface area contributed by atoms with Gasteiger partial charge < -0.3 is 15.8 Å². The Balaban J connectivity index is 2.44. The maximum atomic E-state index is 12.0. The minimum absolute atomic E-state index is 0.279. The van der Waals surface area contributed by atoms with Crippen molar-refractivity contribution in [3.63, 3.8) is 0 Å². The normalized spacial score (nSPS) is 10.2. The molecule has 0 saturated heterocycles. The van der Waals surface area contributed by atoms with Crippen LogP contribution >= 0.6 is 27.5 Å². The average Bonchev–Trinajstić information content (AvgIpc) is 2.42. The number of anilines is 3. The zero-order chi connectivity index (χ0) is 15.4. The predicted octanol–water partition coefficient (Wildman–Crippen LogP) is 4.61. The van der Waals surface area contributed by atoms with Crippen molar-refractivity contribution < 1.29 is 9.53 Å². The molecule has 0 spiro atoms. The fraction of sp³-hybridized carbons (Fsp3) is 0.133. The van der Waals surface area contributed by atoms with E-state index in [1.54, 1.807) is 19.1 Å². The number of rotatable bonds is 4. The van der Waals surface area contributed by atoms with Gasteiger partial charge in [0.15, 0.2) is 0 Å². The van der Waals surface area contributed by atoms with E-state index >= 15 is 0 Å². The van der Waals surface area contributed by atoms with Crippen molar-refractivity contribution in [3.05, 3.63) is 51.5 Å². The summed E-state index contributed by atoms with van der Waals surface area (Å²) in [6.07, 6.45) is 0. The van der Waals surface area contributed by atoms with Gasteiger partial charge in [0.1, 0.15) is 0 Å². The van der Waals surface area contributed by atoms with Gasteiger partial charge in [0.25, 0.3) is 0 Å². The third-order valence-corrected chi connectivity index (χ3v) is 3.49. The Kier molecular flexibility index (Phi) is 5.09. The predicted molar refractivity (Wildman–Crippen MR) is 89.2 cm³/mol. The van der Waals surface area contributed by atoms with Gasteiger partial charge in [0.2, 0.25) is 0 Å². The van der Waals surface area contributed by atoms with Crippen molar-refractivity contribution in [1.29, 1.82) is 0 Å². The molecule has 0 aromatic heterocycles. The first kappa shape index (κ1) is 15.7. The maximum Gasteiger partial charge on any atom is 0.340 e. The Labute approximate surface area is 136 Å². The number of carbonyl (C=O) groups is 1. The van der Waals surface area contributed by atoms with E-state index in [1.165, 1.54) is 0 Å². The number of nitrogens with two attached hydrogens (primary N) is 1. The summed E-state index contributed by atoms with van der Waals surface area (Å²) in [7, 11) is 0. The first-order valence-corrected chi connectivity index (χ1v) is 7.47. The van der Waals surface area contributed by atoms with Crippen LogP contribution in [0.5, 0.6) is 0 Å². The number of ether oxygens (including phenoxy) is 1. The summed E-state index contributed by atoms with van der Waals surface area (Å²) in [5.74, 6) is -0.468. The molecule has 0 bridgehead atoms. The molecule has 0 aliphatic rings. The molecule has 6 heteroatoms. The Bertz CT molecular complexity index is 677. The molecule has 21 heavy (non-hydrogen) atoms. The lowest BCUT2D eigenvalue weighted by atomic mass is 10.1. The van der Waals surface area contributed by atoms with Crippen LogP contribution in [-0.2, 0) is 4.74 Å². The van der Waals surface area contributed by atoms with E-state index < -0.39 is 5.97 Å². The second kappa shape index (κ2) is 6.83. The summed E-state index contributed by atoms with van der Waals surface area (Å²) in [5, 5.41) is 3.49. The van der Waals surface area contributed by atoms with Gasteiger partial charge in [0.05, 0.1) is 22.9 Å². The second-order valence-electron chi connectivity index (χ2n) is 4.28. The molecule has 0 saturated carbocycles. The molecular formula is C15H14BrClN2O2. The lowest BCUT2D eigenvalue weighted by molar-refractivity contribution is 0.0527. The van der Waals surface area contributed by atoms with Crippen LogP contribution in [0.2, 0.25) is 5.02 Å². The van der Waals surface area contributed by atoms with Crippen molar-refractivity contribution in [2.45, 2.75) is 6.92 Å². The fourth-order valence-electron chi connectivity index (χ4n) is 1.84. The Morgan fingerprint density at radius 2 is 2.14 bits per heavy atom. The molecule has 0 fully saturated rings. The number of hydrogen-bond donors (Lipinski definition) is 2. The van der Waals surface area contributed by atoms with Crippen LogP contribution in [0.25, 0.3) is 0 Å². The molecule has 0 atom stereocenters. The van der Waals surface area contributed by atoms with Crippen LogP contribution in [0, 0.1) is 0 Å². The van der Waals surface area contributed by atoms with Gasteiger partial charge in [-0.25, -0.2) is 4.79 Å². The van der Waals surface area contributed by atoms with Crippen molar-refractivity contribution in [3.8, 4) is 0 Å². The van der Waals surface area contributed by atoms with Crippen LogP contribution in [0.15, 0.2) is 40.9 Å². The molecule has 0 radical (unpaired) electrons. The van der Waals surface area contributed by atoms with Gasteiger partial charge in [-0.05, 0) is 37.3 Å². The number of carbonyl (C=O) groups excluding carboxylic acids is 1. The van der Waals surface area contributed by atoms with Gasteiger partial charge in [-0.2, -0.15) is 0 Å². The van der Waals surface area contributed by atoms with Gasteiger partial charge in [-0.1, -0.05) is 33.6 Å². The zero-order valence-electron chi connectivity index (χ0n) is 11.3. The molecule has 3 N–H and O–H groups in total. The molecule has 0 unspecified atom stereocenters. The summed E-state index contributed by atoms with van der Waals surface area (Å²) < 4.78 is 5.95. The minimum atomic E-state index is -0.468. The van der Waals surface area contributed by atoms with Crippen molar-refractivity contribution in [2.24, 2.45) is 0 Å². The van der Waals surface area contributed by atoms with E-state index in [0.717, 1.165) is 10.2 Å². The molecule has 0 heterocycles. The van der Waals surface area contributed by atoms with Crippen LogP contribution in [0.1, 0.15) is 17.3 Å². The summed E-state index contributed by atoms with van der Waals surface area (Å²) in [5.41, 5.74) is 7.73. The van der Waals surface area contributed by atoms with Gasteiger partial charge >= 0.3 is 5.97 Å². The second-order valence-corrected chi connectivity index (χ2v) is 5.60. The van der Waals surface area contributed by atoms with Gasteiger partial charge in [-0.3, -0.25) is 0 Å². The van der Waals surface area contributed by atoms with Crippen molar-refractivity contribution in [2.75, 3.05) is 17.7 Å². The van der Waals surface area contributed by atoms with E-state index in [-0.39, 0.29) is 6.61 Å². The highest BCUT2D eigenvalue weighted by molar-refractivity contribution is 9.10. The average molecular weight is 370 g/mol. The molecule has 2 aromatic carbocycles. The number of esters is 1. The van der Waals surface area contributed by atoms with Crippen LogP contribution < -0.4 is 11.1 Å². The largest absolute Gasteiger partial charge is 0.462 e. The molecular weight excluding hydrogens is 356 g/mol. The first-order chi connectivity index (χ1) is 10.0. The number of benzene rings is 2. The molecule has 2 aromatic rings. The van der Waals surface area contributed by atoms with E-state index in [4.69, 9.17) is 22.1 Å². The summed E-state index contributed by atoms with van der Waals surface area (Å²) >= 11 is 9.60. The van der Waals surface area contributed by atoms with Crippen LogP contribution in [0.3, 0.4) is 0 Å². The maximum absolute atomic E-state index is 12.0. The number of hydrogen-bond acceptors (Lipinski definition) is 4. The molecule has 0 aliphatic carbocycles. The van der Waals surface area contributed by atoms with Crippen LogP contribution in [-0.4, -0.2) is 12.6 Å². The van der Waals surface area contributed by atoms with Crippen molar-refractivity contribution >= 4 is 50.6 Å². The highest BCUT2D eigenvalue weighted by Gasteiger charge is 2.17. The molecule has 0 amide bonds. The quantitative estimate of drug-likeness (QED) is 0.610. The molecule has 2 rings (SSSR count). The summed E-state index contributed by atoms with van der Waals surface area (Å²) in [4.78, 5) is 12.0. The third-order valence-electron chi connectivity index (χ3n) is 2.70. The van der Waals surface area contributed by atoms with E-state index in [2.05, 4.69) is 21.2 Å². The minimum Gasteiger partial charge on any atom is -0.462 e. The Morgan fingerprint density at radius 3 is 2.81 bits per heavy atom. The lowest BCUT2D eigenvalue weighted by Gasteiger charge is -2.14. The van der Waals surface area contributed by atoms with E-state index in [1.807, 2.05) is 24.3 Å². The fourth-order valence-corrected chi connectivity index (χ4v) is 2.51. The first-order valence-electron chi connectivity index (χ1n) is 6.30. The highest BCUT2D eigenvalue weighted by atomic mass is 79.9. The van der Waals surface area contributed by atoms with Gasteiger partial charge in [0, 0.05) is 15.8 Å².